The Labute approximate surface area is 164 Å². The van der Waals surface area contributed by atoms with E-state index in [2.05, 4.69) is 5.32 Å². The molecule has 1 fully saturated rings. The smallest absolute Gasteiger partial charge is 0.317 e. The number of nitrogens with zero attached hydrogens (tertiary/aromatic N) is 1. The molecule has 2 aromatic rings. The lowest BCUT2D eigenvalue weighted by Gasteiger charge is -2.31. The number of amides is 1. The highest BCUT2D eigenvalue weighted by Crippen LogP contribution is 2.26. The van der Waals surface area contributed by atoms with Crippen molar-refractivity contribution in [1.29, 1.82) is 0 Å². The van der Waals surface area contributed by atoms with Gasteiger partial charge in [-0.3, -0.25) is 14.5 Å². The molecule has 0 saturated carbocycles. The first-order valence-corrected chi connectivity index (χ1v) is 9.53. The predicted octanol–water partition coefficient (Wildman–Crippen LogP) is 3.26. The molecule has 0 aromatic heterocycles. The van der Waals surface area contributed by atoms with Gasteiger partial charge in [-0.25, -0.2) is 4.39 Å². The van der Waals surface area contributed by atoms with Gasteiger partial charge in [0.2, 0.25) is 5.91 Å². The number of carbonyl (C=O) groups excluding carboxylic acids is 1. The van der Waals surface area contributed by atoms with Crippen molar-refractivity contribution >= 4 is 11.9 Å². The van der Waals surface area contributed by atoms with Gasteiger partial charge in [-0.05, 0) is 37.0 Å². The standard InChI is InChI=1S/C22H25FN2O3/c1-15(22(28)24-18-9-11-25(12-10-18)14-21(26)27)17-7-8-19(20(23)13-17)16-5-3-2-4-6-16/h2-8,13,15,18H,9-12,14H2,1H3,(H,24,28)(H,26,27)/t15-/m1/s1. The van der Waals surface area contributed by atoms with Gasteiger partial charge in [0, 0.05) is 24.7 Å². The molecule has 2 aromatic carbocycles. The first-order chi connectivity index (χ1) is 13.4. The molecule has 1 amide bonds. The summed E-state index contributed by atoms with van der Waals surface area (Å²) < 4.78 is 14.6. The fourth-order valence-corrected chi connectivity index (χ4v) is 3.56. The number of benzene rings is 2. The summed E-state index contributed by atoms with van der Waals surface area (Å²) in [5.74, 6) is -1.78. The van der Waals surface area contributed by atoms with E-state index in [1.165, 1.54) is 6.07 Å². The lowest BCUT2D eigenvalue weighted by Crippen LogP contribution is -2.46. The van der Waals surface area contributed by atoms with E-state index in [9.17, 15) is 14.0 Å². The molecule has 1 heterocycles. The highest BCUT2D eigenvalue weighted by atomic mass is 19.1. The van der Waals surface area contributed by atoms with Crippen molar-refractivity contribution in [3.63, 3.8) is 0 Å². The van der Waals surface area contributed by atoms with Crippen LogP contribution in [0.15, 0.2) is 48.5 Å². The highest BCUT2D eigenvalue weighted by Gasteiger charge is 2.24. The Morgan fingerprint density at radius 1 is 1.18 bits per heavy atom. The molecule has 5 nitrogen and oxygen atoms in total. The van der Waals surface area contributed by atoms with E-state index in [4.69, 9.17) is 5.11 Å². The first kappa shape index (κ1) is 20.0. The minimum absolute atomic E-state index is 0.0217. The van der Waals surface area contributed by atoms with Crippen LogP contribution < -0.4 is 5.32 Å². The largest absolute Gasteiger partial charge is 0.480 e. The van der Waals surface area contributed by atoms with Gasteiger partial charge < -0.3 is 10.4 Å². The maximum absolute atomic E-state index is 14.6. The summed E-state index contributed by atoms with van der Waals surface area (Å²) in [7, 11) is 0. The van der Waals surface area contributed by atoms with Gasteiger partial charge in [-0.2, -0.15) is 0 Å². The molecule has 0 spiro atoms. The molecule has 0 radical (unpaired) electrons. The maximum atomic E-state index is 14.6. The molecule has 6 heteroatoms. The van der Waals surface area contributed by atoms with Crippen LogP contribution >= 0.6 is 0 Å². The van der Waals surface area contributed by atoms with Crippen LogP contribution in [0.2, 0.25) is 0 Å². The Morgan fingerprint density at radius 2 is 1.86 bits per heavy atom. The van der Waals surface area contributed by atoms with Crippen molar-refractivity contribution in [2.75, 3.05) is 19.6 Å². The maximum Gasteiger partial charge on any atom is 0.317 e. The SMILES string of the molecule is C[C@@H](C(=O)NC1CCN(CC(=O)O)CC1)c1ccc(-c2ccccc2)c(F)c1. The number of aliphatic carboxylic acids is 1. The molecule has 148 valence electrons. The second-order valence-corrected chi connectivity index (χ2v) is 7.28. The van der Waals surface area contributed by atoms with Crippen LogP contribution in [-0.2, 0) is 9.59 Å². The van der Waals surface area contributed by atoms with E-state index in [1.54, 1.807) is 19.1 Å². The van der Waals surface area contributed by atoms with Crippen molar-refractivity contribution in [3.05, 3.63) is 59.9 Å². The van der Waals surface area contributed by atoms with Crippen LogP contribution in [0.4, 0.5) is 4.39 Å². The molecular weight excluding hydrogens is 359 g/mol. The van der Waals surface area contributed by atoms with E-state index in [-0.39, 0.29) is 24.3 Å². The summed E-state index contributed by atoms with van der Waals surface area (Å²) in [6.45, 7) is 3.09. The number of rotatable bonds is 6. The lowest BCUT2D eigenvalue weighted by molar-refractivity contribution is -0.138. The minimum Gasteiger partial charge on any atom is -0.480 e. The molecule has 28 heavy (non-hydrogen) atoms. The summed E-state index contributed by atoms with van der Waals surface area (Å²) >= 11 is 0. The molecule has 1 aliphatic rings. The molecule has 0 unspecified atom stereocenters. The van der Waals surface area contributed by atoms with Crippen LogP contribution in [0.5, 0.6) is 0 Å². The van der Waals surface area contributed by atoms with E-state index < -0.39 is 11.9 Å². The first-order valence-electron chi connectivity index (χ1n) is 9.53. The summed E-state index contributed by atoms with van der Waals surface area (Å²) in [6, 6.07) is 14.3. The molecule has 1 saturated heterocycles. The van der Waals surface area contributed by atoms with Crippen LogP contribution in [0.1, 0.15) is 31.2 Å². The molecular formula is C22H25FN2O3. The zero-order valence-corrected chi connectivity index (χ0v) is 15.9. The minimum atomic E-state index is -0.836. The Kier molecular flexibility index (Phi) is 6.41. The molecule has 1 atom stereocenters. The number of carboxylic acid groups (broad SMARTS) is 1. The van der Waals surface area contributed by atoms with Crippen LogP contribution in [-0.4, -0.2) is 47.6 Å². The topological polar surface area (TPSA) is 69.6 Å². The van der Waals surface area contributed by atoms with Crippen molar-refractivity contribution < 1.29 is 19.1 Å². The van der Waals surface area contributed by atoms with E-state index >= 15 is 0 Å². The van der Waals surface area contributed by atoms with Gasteiger partial charge in [0.25, 0.3) is 0 Å². The zero-order chi connectivity index (χ0) is 20.1. The number of likely N-dealkylation sites (tertiary alicyclic amines) is 1. The van der Waals surface area contributed by atoms with Crippen LogP contribution in [0, 0.1) is 5.82 Å². The third-order valence-electron chi connectivity index (χ3n) is 5.26. The van der Waals surface area contributed by atoms with Crippen molar-refractivity contribution in [2.45, 2.75) is 31.7 Å². The average Bonchev–Trinajstić information content (AvgIpc) is 2.69. The third-order valence-corrected chi connectivity index (χ3v) is 5.26. The number of piperidine rings is 1. The number of halogens is 1. The van der Waals surface area contributed by atoms with Crippen LogP contribution in [0.3, 0.4) is 0 Å². The Balaban J connectivity index is 1.59. The molecule has 1 aliphatic heterocycles. The molecule has 3 rings (SSSR count). The number of hydrogen-bond donors (Lipinski definition) is 2. The lowest BCUT2D eigenvalue weighted by atomic mass is 9.95. The van der Waals surface area contributed by atoms with Gasteiger partial charge in [0.15, 0.2) is 0 Å². The summed E-state index contributed by atoms with van der Waals surface area (Å²) in [4.78, 5) is 25.2. The Hall–Kier alpha value is -2.73. The summed E-state index contributed by atoms with van der Waals surface area (Å²) in [6.07, 6.45) is 1.43. The van der Waals surface area contributed by atoms with Gasteiger partial charge >= 0.3 is 5.97 Å². The van der Waals surface area contributed by atoms with Crippen molar-refractivity contribution in [2.24, 2.45) is 0 Å². The van der Waals surface area contributed by atoms with Gasteiger partial charge in [-0.15, -0.1) is 0 Å². The van der Waals surface area contributed by atoms with Gasteiger partial charge in [-0.1, -0.05) is 42.5 Å². The Bertz CT molecular complexity index is 833. The van der Waals surface area contributed by atoms with Gasteiger partial charge in [0.05, 0.1) is 12.5 Å². The van der Waals surface area contributed by atoms with Crippen molar-refractivity contribution in [1.82, 2.24) is 10.2 Å². The molecule has 2 N–H and O–H groups in total. The van der Waals surface area contributed by atoms with E-state index in [0.717, 1.165) is 5.56 Å². The zero-order valence-electron chi connectivity index (χ0n) is 15.9. The van der Waals surface area contributed by atoms with E-state index in [1.807, 2.05) is 35.2 Å². The third kappa shape index (κ3) is 4.95. The number of hydrogen-bond acceptors (Lipinski definition) is 3. The number of nitrogens with one attached hydrogen (secondary N) is 1. The highest BCUT2D eigenvalue weighted by molar-refractivity contribution is 5.83. The predicted molar refractivity (Wildman–Crippen MR) is 105 cm³/mol. The van der Waals surface area contributed by atoms with Gasteiger partial charge in [0.1, 0.15) is 5.82 Å². The average molecular weight is 384 g/mol. The van der Waals surface area contributed by atoms with Crippen LogP contribution in [0.25, 0.3) is 11.1 Å². The second kappa shape index (κ2) is 8.97. The summed E-state index contributed by atoms with van der Waals surface area (Å²) in [5, 5.41) is 11.9. The number of carbonyl (C=O) groups is 2. The number of carboxylic acids is 1. The monoisotopic (exact) mass is 384 g/mol. The fourth-order valence-electron chi connectivity index (χ4n) is 3.56. The normalized spacial score (nSPS) is 16.5. The quantitative estimate of drug-likeness (QED) is 0.802. The van der Waals surface area contributed by atoms with E-state index in [0.29, 0.717) is 37.1 Å². The molecule has 0 bridgehead atoms. The summed E-state index contributed by atoms with van der Waals surface area (Å²) in [5.41, 5.74) is 1.96. The fraction of sp³-hybridized carbons (Fsp3) is 0.364. The second-order valence-electron chi connectivity index (χ2n) is 7.28. The Morgan fingerprint density at radius 3 is 2.46 bits per heavy atom. The van der Waals surface area contributed by atoms with Crippen molar-refractivity contribution in [3.8, 4) is 11.1 Å². The molecule has 0 aliphatic carbocycles.